The lowest BCUT2D eigenvalue weighted by atomic mass is 10.0. The average Bonchev–Trinajstić information content (AvgIpc) is 3.60. The van der Waals surface area contributed by atoms with Gasteiger partial charge in [-0.15, -0.1) is 0 Å². The van der Waals surface area contributed by atoms with Gasteiger partial charge in [0.2, 0.25) is 11.9 Å². The van der Waals surface area contributed by atoms with E-state index in [1.807, 2.05) is 34.1 Å². The molecule has 2 saturated heterocycles. The molecule has 2 amide bonds. The standard InChI is InChI=1S/C29H30ClN7O3/c1-40-17-18-4-8-31-24(13-18)23-5-9-32-29(35-23)33-20-14-19-15-25(34-27(19)22(30)16-20)28(39)36-11-6-21(7-12-36)37-10-2-3-26(37)38/h4-5,8-9,13-16,21,34H,2-3,6-7,10-12,17H2,1H3,(H,32,33,35). The lowest BCUT2D eigenvalue weighted by Gasteiger charge is -2.36. The quantitative estimate of drug-likeness (QED) is 0.334. The van der Waals surface area contributed by atoms with Crippen LogP contribution in [0.2, 0.25) is 5.02 Å². The van der Waals surface area contributed by atoms with E-state index in [2.05, 4.69) is 25.3 Å². The molecule has 5 heterocycles. The summed E-state index contributed by atoms with van der Waals surface area (Å²) in [6, 6.07) is 11.4. The molecule has 2 N–H and O–H groups in total. The Bertz CT molecular complexity index is 1560. The second kappa shape index (κ2) is 11.2. The van der Waals surface area contributed by atoms with E-state index in [9.17, 15) is 9.59 Å². The van der Waals surface area contributed by atoms with E-state index in [0.717, 1.165) is 42.5 Å². The largest absolute Gasteiger partial charge is 0.380 e. The molecular weight excluding hydrogens is 530 g/mol. The Morgan fingerprint density at radius 2 is 1.93 bits per heavy atom. The first-order chi connectivity index (χ1) is 19.5. The first-order valence-corrected chi connectivity index (χ1v) is 13.8. The molecule has 0 saturated carbocycles. The Morgan fingerprint density at radius 1 is 1.10 bits per heavy atom. The molecule has 4 aromatic rings. The SMILES string of the molecule is COCc1ccnc(-c2ccnc(Nc3cc(Cl)c4[nH]c(C(=O)N5CCC(N6CCCC6=O)CC5)cc4c3)n2)c1. The molecular formula is C29H30ClN7O3. The number of ether oxygens (including phenoxy) is 1. The zero-order valence-electron chi connectivity index (χ0n) is 22.2. The van der Waals surface area contributed by atoms with Gasteiger partial charge < -0.3 is 24.8 Å². The van der Waals surface area contributed by atoms with E-state index in [4.69, 9.17) is 16.3 Å². The van der Waals surface area contributed by atoms with Gasteiger partial charge in [0.25, 0.3) is 5.91 Å². The van der Waals surface area contributed by atoms with Crippen LogP contribution in [0, 0.1) is 0 Å². The highest BCUT2D eigenvalue weighted by molar-refractivity contribution is 6.35. The van der Waals surface area contributed by atoms with E-state index in [0.29, 0.717) is 59.7 Å². The molecule has 0 unspecified atom stereocenters. The van der Waals surface area contributed by atoms with Crippen LogP contribution in [0.25, 0.3) is 22.3 Å². The van der Waals surface area contributed by atoms with Crippen molar-refractivity contribution in [2.75, 3.05) is 32.1 Å². The number of halogens is 1. The second-order valence-electron chi connectivity index (χ2n) is 10.2. The van der Waals surface area contributed by atoms with Gasteiger partial charge >= 0.3 is 0 Å². The number of likely N-dealkylation sites (tertiary alicyclic amines) is 2. The van der Waals surface area contributed by atoms with Crippen molar-refractivity contribution in [2.24, 2.45) is 0 Å². The third-order valence-corrected chi connectivity index (χ3v) is 7.82. The first-order valence-electron chi connectivity index (χ1n) is 13.4. The summed E-state index contributed by atoms with van der Waals surface area (Å²) in [5.41, 5.74) is 4.28. The van der Waals surface area contributed by atoms with Gasteiger partial charge in [0.15, 0.2) is 0 Å². The van der Waals surface area contributed by atoms with Crippen molar-refractivity contribution in [3.63, 3.8) is 0 Å². The molecule has 3 aromatic heterocycles. The van der Waals surface area contributed by atoms with Gasteiger partial charge in [-0.05, 0) is 61.2 Å². The number of fused-ring (bicyclic) bond motifs is 1. The number of rotatable bonds is 7. The van der Waals surface area contributed by atoms with Gasteiger partial charge in [-0.2, -0.15) is 0 Å². The molecule has 2 aliphatic heterocycles. The third kappa shape index (κ3) is 5.37. The van der Waals surface area contributed by atoms with Crippen molar-refractivity contribution >= 4 is 46.0 Å². The summed E-state index contributed by atoms with van der Waals surface area (Å²) in [6.07, 6.45) is 6.58. The summed E-state index contributed by atoms with van der Waals surface area (Å²) in [5.74, 6) is 0.579. The van der Waals surface area contributed by atoms with Crippen LogP contribution in [-0.2, 0) is 16.1 Å². The fraction of sp³-hybridized carbons (Fsp3) is 0.345. The van der Waals surface area contributed by atoms with Gasteiger partial charge in [-0.3, -0.25) is 14.6 Å². The number of H-pyrrole nitrogens is 1. The highest BCUT2D eigenvalue weighted by Gasteiger charge is 2.32. The Hall–Kier alpha value is -4.02. The van der Waals surface area contributed by atoms with E-state index < -0.39 is 0 Å². The minimum Gasteiger partial charge on any atom is -0.380 e. The van der Waals surface area contributed by atoms with Crippen molar-refractivity contribution in [1.29, 1.82) is 0 Å². The average molecular weight is 560 g/mol. The van der Waals surface area contributed by atoms with Crippen molar-refractivity contribution in [2.45, 2.75) is 38.3 Å². The number of amides is 2. The molecule has 0 radical (unpaired) electrons. The Kier molecular flexibility index (Phi) is 7.36. The number of carbonyl (C=O) groups is 2. The molecule has 11 heteroatoms. The normalized spacial score (nSPS) is 16.2. The molecule has 2 fully saturated rings. The number of methoxy groups -OCH3 is 1. The monoisotopic (exact) mass is 559 g/mol. The number of anilines is 2. The smallest absolute Gasteiger partial charge is 0.270 e. The number of aromatic amines is 1. The van der Waals surface area contributed by atoms with Crippen LogP contribution in [0.3, 0.4) is 0 Å². The molecule has 6 rings (SSSR count). The second-order valence-corrected chi connectivity index (χ2v) is 10.6. The lowest BCUT2D eigenvalue weighted by molar-refractivity contribution is -0.130. The number of pyridine rings is 1. The molecule has 0 aliphatic carbocycles. The maximum absolute atomic E-state index is 13.3. The van der Waals surface area contributed by atoms with Crippen LogP contribution in [0.15, 0.2) is 48.8 Å². The fourth-order valence-corrected chi connectivity index (χ4v) is 5.83. The summed E-state index contributed by atoms with van der Waals surface area (Å²) >= 11 is 6.62. The molecule has 0 spiro atoms. The third-order valence-electron chi connectivity index (χ3n) is 7.52. The summed E-state index contributed by atoms with van der Waals surface area (Å²) in [6.45, 7) is 2.57. The maximum atomic E-state index is 13.3. The number of carbonyl (C=O) groups excluding carboxylic acids is 2. The van der Waals surface area contributed by atoms with Crippen molar-refractivity contribution in [1.82, 2.24) is 29.7 Å². The van der Waals surface area contributed by atoms with Crippen LogP contribution in [0.1, 0.15) is 41.7 Å². The summed E-state index contributed by atoms with van der Waals surface area (Å²) in [7, 11) is 1.65. The number of aromatic nitrogens is 4. The lowest BCUT2D eigenvalue weighted by Crippen LogP contribution is -2.47. The number of hydrogen-bond acceptors (Lipinski definition) is 7. The number of nitrogens with zero attached hydrogens (tertiary/aromatic N) is 5. The topological polar surface area (TPSA) is 116 Å². The van der Waals surface area contributed by atoms with Crippen LogP contribution in [-0.4, -0.2) is 74.3 Å². The maximum Gasteiger partial charge on any atom is 0.270 e. The van der Waals surface area contributed by atoms with Crippen LogP contribution in [0.5, 0.6) is 0 Å². The van der Waals surface area contributed by atoms with Crippen molar-refractivity contribution < 1.29 is 14.3 Å². The fourth-order valence-electron chi connectivity index (χ4n) is 5.55. The van der Waals surface area contributed by atoms with Gasteiger partial charge in [-0.1, -0.05) is 11.6 Å². The van der Waals surface area contributed by atoms with Gasteiger partial charge in [0.05, 0.1) is 28.5 Å². The molecule has 2 aliphatic rings. The summed E-state index contributed by atoms with van der Waals surface area (Å²) < 4.78 is 5.22. The van der Waals surface area contributed by atoms with E-state index >= 15 is 0 Å². The minimum absolute atomic E-state index is 0.0628. The minimum atomic E-state index is -0.0628. The molecule has 0 bridgehead atoms. The first kappa shape index (κ1) is 26.2. The van der Waals surface area contributed by atoms with Gasteiger partial charge in [0.1, 0.15) is 5.69 Å². The van der Waals surface area contributed by atoms with Crippen LogP contribution in [0.4, 0.5) is 11.6 Å². The molecule has 40 heavy (non-hydrogen) atoms. The summed E-state index contributed by atoms with van der Waals surface area (Å²) in [5, 5.41) is 4.51. The van der Waals surface area contributed by atoms with E-state index in [1.165, 1.54) is 0 Å². The molecule has 10 nitrogen and oxygen atoms in total. The number of hydrogen-bond donors (Lipinski definition) is 2. The zero-order chi connectivity index (χ0) is 27.6. The van der Waals surface area contributed by atoms with Crippen LogP contribution >= 0.6 is 11.6 Å². The van der Waals surface area contributed by atoms with E-state index in [-0.39, 0.29) is 17.9 Å². The molecule has 206 valence electrons. The van der Waals surface area contributed by atoms with Gasteiger partial charge in [-0.25, -0.2) is 9.97 Å². The molecule has 1 aromatic carbocycles. The predicted octanol–water partition coefficient (Wildman–Crippen LogP) is 4.79. The predicted molar refractivity (Wildman–Crippen MR) is 152 cm³/mol. The van der Waals surface area contributed by atoms with E-state index in [1.54, 1.807) is 31.6 Å². The summed E-state index contributed by atoms with van der Waals surface area (Å²) in [4.78, 5) is 45.9. The highest BCUT2D eigenvalue weighted by atomic mass is 35.5. The number of piperidine rings is 1. The number of nitrogens with one attached hydrogen (secondary N) is 2. The van der Waals surface area contributed by atoms with Gasteiger partial charge in [0, 0.05) is 62.7 Å². The Balaban J connectivity index is 1.16. The Labute approximate surface area is 236 Å². The zero-order valence-corrected chi connectivity index (χ0v) is 22.9. The van der Waals surface area contributed by atoms with Crippen molar-refractivity contribution in [3.05, 3.63) is 65.1 Å². The Morgan fingerprint density at radius 3 is 2.70 bits per heavy atom. The van der Waals surface area contributed by atoms with Crippen molar-refractivity contribution in [3.8, 4) is 11.4 Å². The number of benzene rings is 1. The van der Waals surface area contributed by atoms with Crippen LogP contribution < -0.4 is 5.32 Å². The molecule has 0 atom stereocenters. The highest BCUT2D eigenvalue weighted by Crippen LogP contribution is 2.31.